The summed E-state index contributed by atoms with van der Waals surface area (Å²) in [6.07, 6.45) is 4.49. The Morgan fingerprint density at radius 2 is 1.95 bits per heavy atom. The summed E-state index contributed by atoms with van der Waals surface area (Å²) < 4.78 is 0. The minimum atomic E-state index is -0.794. The van der Waals surface area contributed by atoms with Crippen molar-refractivity contribution in [1.82, 2.24) is 4.90 Å². The second-order valence-electron chi connectivity index (χ2n) is 7.53. The Morgan fingerprint density at radius 3 is 2.48 bits per heavy atom. The van der Waals surface area contributed by atoms with E-state index < -0.39 is 16.8 Å². The Hall–Kier alpha value is -1.10. The molecule has 3 unspecified atom stereocenters. The number of hydrogen-bond acceptors (Lipinski definition) is 3. The lowest BCUT2D eigenvalue weighted by Crippen LogP contribution is -2.54. The number of nitrogens with two attached hydrogens (primary N) is 1. The third kappa shape index (κ3) is 2.80. The highest BCUT2D eigenvalue weighted by Crippen LogP contribution is 2.41. The Kier molecular flexibility index (Phi) is 4.34. The lowest BCUT2D eigenvalue weighted by Gasteiger charge is -2.42. The van der Waals surface area contributed by atoms with Gasteiger partial charge in [0.25, 0.3) is 0 Å². The normalized spacial score (nSPS) is 34.0. The summed E-state index contributed by atoms with van der Waals surface area (Å²) >= 11 is 0. The van der Waals surface area contributed by atoms with E-state index in [1.54, 1.807) is 13.8 Å². The number of amides is 1. The number of aliphatic carboxylic acids is 1. The molecule has 1 aliphatic carbocycles. The van der Waals surface area contributed by atoms with Crippen LogP contribution in [0.2, 0.25) is 0 Å². The first-order chi connectivity index (χ1) is 9.69. The first kappa shape index (κ1) is 16.3. The monoisotopic (exact) mass is 296 g/mol. The quantitative estimate of drug-likeness (QED) is 0.832. The summed E-state index contributed by atoms with van der Waals surface area (Å²) in [5.74, 6) is -0.655. The van der Waals surface area contributed by atoms with E-state index in [1.807, 2.05) is 11.8 Å². The largest absolute Gasteiger partial charge is 0.481 e. The number of likely N-dealkylation sites (tertiary alicyclic amines) is 1. The minimum absolute atomic E-state index is 0.00827. The molecule has 2 rings (SSSR count). The third-order valence-corrected chi connectivity index (χ3v) is 5.80. The van der Waals surface area contributed by atoms with Crippen LogP contribution in [0.5, 0.6) is 0 Å². The van der Waals surface area contributed by atoms with Crippen LogP contribution >= 0.6 is 0 Å². The van der Waals surface area contributed by atoms with E-state index in [4.69, 9.17) is 5.73 Å². The first-order valence-electron chi connectivity index (χ1n) is 7.98. The average molecular weight is 296 g/mol. The number of carbonyl (C=O) groups excluding carboxylic acids is 1. The van der Waals surface area contributed by atoms with Crippen LogP contribution in [0.3, 0.4) is 0 Å². The molecule has 2 aliphatic rings. The Balaban J connectivity index is 2.11. The lowest BCUT2D eigenvalue weighted by atomic mass is 9.74. The van der Waals surface area contributed by atoms with E-state index in [0.717, 1.165) is 38.6 Å². The van der Waals surface area contributed by atoms with Crippen molar-refractivity contribution in [3.8, 4) is 0 Å². The highest BCUT2D eigenvalue weighted by molar-refractivity contribution is 5.84. The molecule has 1 saturated heterocycles. The van der Waals surface area contributed by atoms with Crippen LogP contribution in [0.25, 0.3) is 0 Å². The topological polar surface area (TPSA) is 83.6 Å². The fourth-order valence-corrected chi connectivity index (χ4v) is 3.75. The van der Waals surface area contributed by atoms with E-state index in [-0.39, 0.29) is 17.9 Å². The van der Waals surface area contributed by atoms with Crippen molar-refractivity contribution >= 4 is 11.9 Å². The van der Waals surface area contributed by atoms with Gasteiger partial charge in [-0.1, -0.05) is 6.42 Å². The molecule has 0 aromatic heterocycles. The SMILES string of the molecule is CC(C)(C(=O)O)C1CCCN(C(=O)C2(C)CCCC2N)C1. The Morgan fingerprint density at radius 1 is 1.29 bits per heavy atom. The number of carbonyl (C=O) groups is 2. The van der Waals surface area contributed by atoms with E-state index in [9.17, 15) is 14.7 Å². The van der Waals surface area contributed by atoms with Crippen molar-refractivity contribution < 1.29 is 14.7 Å². The molecule has 3 atom stereocenters. The number of carboxylic acid groups (broad SMARTS) is 1. The average Bonchev–Trinajstić information content (AvgIpc) is 2.79. The molecule has 5 nitrogen and oxygen atoms in total. The van der Waals surface area contributed by atoms with Crippen molar-refractivity contribution in [2.75, 3.05) is 13.1 Å². The van der Waals surface area contributed by atoms with Crippen molar-refractivity contribution in [1.29, 1.82) is 0 Å². The van der Waals surface area contributed by atoms with Crippen molar-refractivity contribution in [2.24, 2.45) is 22.5 Å². The standard InChI is InChI=1S/C16H28N2O3/c1-15(2,14(20)21)11-6-5-9-18(10-11)13(19)16(3)8-4-7-12(16)17/h11-12H,4-10,17H2,1-3H3,(H,20,21). The van der Waals surface area contributed by atoms with E-state index in [1.165, 1.54) is 0 Å². The molecule has 0 spiro atoms. The fourth-order valence-electron chi connectivity index (χ4n) is 3.75. The Labute approximate surface area is 126 Å². The molecule has 0 radical (unpaired) electrons. The van der Waals surface area contributed by atoms with Crippen LogP contribution in [0.4, 0.5) is 0 Å². The number of nitrogens with zero attached hydrogens (tertiary/aromatic N) is 1. The maximum absolute atomic E-state index is 12.9. The maximum Gasteiger partial charge on any atom is 0.309 e. The molecule has 5 heteroatoms. The summed E-state index contributed by atoms with van der Waals surface area (Å²) in [6, 6.07) is -0.0714. The molecule has 1 aliphatic heterocycles. The lowest BCUT2D eigenvalue weighted by molar-refractivity contribution is -0.155. The molecular weight excluding hydrogens is 268 g/mol. The van der Waals surface area contributed by atoms with Crippen LogP contribution in [0.15, 0.2) is 0 Å². The molecule has 0 aromatic carbocycles. The van der Waals surface area contributed by atoms with Gasteiger partial charge >= 0.3 is 5.97 Å². The van der Waals surface area contributed by atoms with Gasteiger partial charge < -0.3 is 15.7 Å². The van der Waals surface area contributed by atoms with Gasteiger partial charge in [-0.3, -0.25) is 9.59 Å². The summed E-state index contributed by atoms with van der Waals surface area (Å²) in [5, 5.41) is 9.40. The van der Waals surface area contributed by atoms with Crippen molar-refractivity contribution in [3.63, 3.8) is 0 Å². The van der Waals surface area contributed by atoms with Gasteiger partial charge in [0.15, 0.2) is 0 Å². The van der Waals surface area contributed by atoms with E-state index >= 15 is 0 Å². The summed E-state index contributed by atoms with van der Waals surface area (Å²) in [7, 11) is 0. The highest BCUT2D eigenvalue weighted by Gasteiger charge is 2.47. The zero-order chi connectivity index (χ0) is 15.8. The predicted molar refractivity (Wildman–Crippen MR) is 80.7 cm³/mol. The molecule has 0 bridgehead atoms. The number of hydrogen-bond donors (Lipinski definition) is 2. The molecule has 1 saturated carbocycles. The van der Waals surface area contributed by atoms with Gasteiger partial charge in [0.2, 0.25) is 5.91 Å². The molecule has 0 aromatic rings. The molecule has 1 amide bonds. The molecular formula is C16H28N2O3. The molecule has 3 N–H and O–H groups in total. The molecule has 120 valence electrons. The van der Waals surface area contributed by atoms with Gasteiger partial charge in [0.1, 0.15) is 0 Å². The van der Waals surface area contributed by atoms with Gasteiger partial charge in [-0.15, -0.1) is 0 Å². The van der Waals surface area contributed by atoms with Crippen LogP contribution in [0.1, 0.15) is 52.9 Å². The van der Waals surface area contributed by atoms with Crippen LogP contribution < -0.4 is 5.73 Å². The number of rotatable bonds is 3. The van der Waals surface area contributed by atoms with Gasteiger partial charge in [0.05, 0.1) is 10.8 Å². The van der Waals surface area contributed by atoms with Gasteiger partial charge in [-0.25, -0.2) is 0 Å². The predicted octanol–water partition coefficient (Wildman–Crippen LogP) is 1.85. The van der Waals surface area contributed by atoms with Crippen LogP contribution in [-0.2, 0) is 9.59 Å². The summed E-state index contributed by atoms with van der Waals surface area (Å²) in [6.45, 7) is 6.76. The number of carboxylic acids is 1. The van der Waals surface area contributed by atoms with Crippen LogP contribution in [-0.4, -0.2) is 41.0 Å². The summed E-state index contributed by atoms with van der Waals surface area (Å²) in [5.41, 5.74) is 4.89. The van der Waals surface area contributed by atoms with Crippen LogP contribution in [0, 0.1) is 16.7 Å². The smallest absolute Gasteiger partial charge is 0.309 e. The summed E-state index contributed by atoms with van der Waals surface area (Å²) in [4.78, 5) is 26.2. The van der Waals surface area contributed by atoms with E-state index in [2.05, 4.69) is 0 Å². The van der Waals surface area contributed by atoms with E-state index in [0.29, 0.717) is 6.54 Å². The second-order valence-corrected chi connectivity index (χ2v) is 7.53. The zero-order valence-electron chi connectivity index (χ0n) is 13.4. The maximum atomic E-state index is 12.9. The van der Waals surface area contributed by atoms with Crippen molar-refractivity contribution in [3.05, 3.63) is 0 Å². The van der Waals surface area contributed by atoms with Gasteiger partial charge in [-0.2, -0.15) is 0 Å². The van der Waals surface area contributed by atoms with Gasteiger partial charge in [-0.05, 0) is 52.4 Å². The van der Waals surface area contributed by atoms with Crippen molar-refractivity contribution in [2.45, 2.75) is 58.9 Å². The molecule has 2 fully saturated rings. The number of piperidine rings is 1. The highest BCUT2D eigenvalue weighted by atomic mass is 16.4. The zero-order valence-corrected chi connectivity index (χ0v) is 13.4. The molecule has 1 heterocycles. The first-order valence-corrected chi connectivity index (χ1v) is 7.98. The minimum Gasteiger partial charge on any atom is -0.481 e. The Bertz CT molecular complexity index is 435. The third-order valence-electron chi connectivity index (χ3n) is 5.80. The molecule has 21 heavy (non-hydrogen) atoms. The fraction of sp³-hybridized carbons (Fsp3) is 0.875. The second kappa shape index (κ2) is 5.59. The van der Waals surface area contributed by atoms with Gasteiger partial charge in [0, 0.05) is 19.1 Å².